The van der Waals surface area contributed by atoms with Gasteiger partial charge in [0.15, 0.2) is 0 Å². The van der Waals surface area contributed by atoms with E-state index in [1.165, 1.54) is 54.4 Å². The maximum absolute atomic E-state index is 2.36. The minimum absolute atomic E-state index is 0. The molecule has 0 fully saturated rings. The summed E-state index contributed by atoms with van der Waals surface area (Å²) in [4.78, 5) is 0. The Morgan fingerprint density at radius 2 is 0.838 bits per heavy atom. The van der Waals surface area contributed by atoms with E-state index >= 15 is 0 Å². The monoisotopic (exact) mass is 592 g/mol. The van der Waals surface area contributed by atoms with Gasteiger partial charge in [-0.25, -0.2) is 0 Å². The van der Waals surface area contributed by atoms with Gasteiger partial charge >= 0.3 is 26.2 Å². The second-order valence-electron chi connectivity index (χ2n) is 9.56. The normalized spacial score (nSPS) is 11.0. The van der Waals surface area contributed by atoms with Crippen molar-refractivity contribution >= 4 is 48.0 Å². The van der Waals surface area contributed by atoms with Crippen LogP contribution in [0.1, 0.15) is 0 Å². The molecular weight excluding hydrogens is 562 g/mol. The van der Waals surface area contributed by atoms with Crippen LogP contribution in [0.15, 0.2) is 121 Å². The molecule has 37 heavy (non-hydrogen) atoms. The first-order valence-corrected chi connectivity index (χ1v) is 16.8. The Hall–Kier alpha value is -2.16. The maximum atomic E-state index is 2.36. The van der Waals surface area contributed by atoms with Crippen LogP contribution in [0.4, 0.5) is 0 Å². The van der Waals surface area contributed by atoms with E-state index < -0.39 is 0 Å². The summed E-state index contributed by atoms with van der Waals surface area (Å²) in [6, 6.07) is 43.9. The Labute approximate surface area is 243 Å². The minimum Gasteiger partial charge on any atom is -0.160 e. The van der Waals surface area contributed by atoms with Gasteiger partial charge in [-0.3, -0.25) is 0 Å². The van der Waals surface area contributed by atoms with E-state index in [1.54, 1.807) is 0 Å². The van der Waals surface area contributed by atoms with Gasteiger partial charge < -0.3 is 0 Å². The molecule has 0 N–H and O–H groups in total. The van der Waals surface area contributed by atoms with Crippen LogP contribution in [0.2, 0.25) is 0 Å². The molecule has 0 aliphatic carbocycles. The summed E-state index contributed by atoms with van der Waals surface area (Å²) < 4.78 is 0. The first-order chi connectivity index (χ1) is 17.5. The van der Waals surface area contributed by atoms with Gasteiger partial charge in [-0.1, -0.05) is 83.9 Å². The fourth-order valence-corrected chi connectivity index (χ4v) is 6.26. The standard InChI is InChI=1S/2C17H16P.Zr/c2*1-18(2)15-11-14-9-6-10-16(17(14)12-15)13-7-4-3-5-8-13;/h2*3-12H,1-2H3;/q2*-1;+2. The zero-order valence-electron chi connectivity index (χ0n) is 21.9. The van der Waals surface area contributed by atoms with Crippen LogP contribution in [-0.4, -0.2) is 26.7 Å². The van der Waals surface area contributed by atoms with Crippen molar-refractivity contribution in [2.45, 2.75) is 0 Å². The molecule has 0 aliphatic heterocycles. The third kappa shape index (κ3) is 6.29. The summed E-state index contributed by atoms with van der Waals surface area (Å²) in [6.45, 7) is 9.24. The maximum Gasteiger partial charge on any atom is 2.00 e. The Kier molecular flexibility index (Phi) is 9.48. The molecule has 0 heterocycles. The van der Waals surface area contributed by atoms with Gasteiger partial charge in [0.2, 0.25) is 0 Å². The summed E-state index contributed by atoms with van der Waals surface area (Å²) in [5, 5.41) is 8.47. The summed E-state index contributed by atoms with van der Waals surface area (Å²) in [5.74, 6) is 0. The molecule has 182 valence electrons. The largest absolute Gasteiger partial charge is 2.00 e. The molecule has 0 atom stereocenters. The van der Waals surface area contributed by atoms with Crippen LogP contribution >= 0.6 is 15.8 Å². The van der Waals surface area contributed by atoms with Crippen LogP contribution in [-0.2, 0) is 26.2 Å². The molecule has 6 aromatic carbocycles. The quantitative estimate of drug-likeness (QED) is 0.141. The number of hydrogen-bond donors (Lipinski definition) is 0. The fourth-order valence-electron chi connectivity index (χ4n) is 4.69. The van der Waals surface area contributed by atoms with E-state index in [1.807, 2.05) is 0 Å². The van der Waals surface area contributed by atoms with E-state index in [9.17, 15) is 0 Å². The van der Waals surface area contributed by atoms with Gasteiger partial charge in [-0.2, -0.15) is 12.1 Å². The Balaban J connectivity index is 0.000000168. The average Bonchev–Trinajstić information content (AvgIpc) is 3.55. The summed E-state index contributed by atoms with van der Waals surface area (Å²) >= 11 is 0. The Morgan fingerprint density at radius 3 is 1.19 bits per heavy atom. The van der Waals surface area contributed by atoms with Crippen molar-refractivity contribution in [2.24, 2.45) is 0 Å². The second kappa shape index (κ2) is 12.6. The molecule has 0 nitrogen and oxygen atoms in total. The molecule has 0 saturated carbocycles. The topological polar surface area (TPSA) is 0 Å². The molecule has 0 unspecified atom stereocenters. The summed E-state index contributed by atoms with van der Waals surface area (Å²) in [7, 11) is -0.0473. The Morgan fingerprint density at radius 1 is 0.459 bits per heavy atom. The minimum atomic E-state index is -0.0237. The van der Waals surface area contributed by atoms with Crippen molar-refractivity contribution in [1.29, 1.82) is 0 Å². The van der Waals surface area contributed by atoms with Gasteiger partial charge in [-0.05, 0) is 37.8 Å². The summed E-state index contributed by atoms with van der Waals surface area (Å²) in [6.07, 6.45) is 0. The Bertz CT molecular complexity index is 1450. The van der Waals surface area contributed by atoms with Gasteiger partial charge in [0.25, 0.3) is 0 Å². The molecule has 6 aromatic rings. The molecule has 3 heteroatoms. The van der Waals surface area contributed by atoms with Crippen molar-refractivity contribution in [2.75, 3.05) is 26.7 Å². The van der Waals surface area contributed by atoms with Crippen molar-refractivity contribution in [3.8, 4) is 22.3 Å². The second-order valence-corrected chi connectivity index (χ2v) is 14.2. The zero-order chi connectivity index (χ0) is 25.1. The van der Waals surface area contributed by atoms with Crippen LogP contribution in [0, 0.1) is 0 Å². The molecule has 6 rings (SSSR count). The van der Waals surface area contributed by atoms with E-state index in [2.05, 4.69) is 148 Å². The van der Waals surface area contributed by atoms with Crippen LogP contribution in [0.3, 0.4) is 0 Å². The zero-order valence-corrected chi connectivity index (χ0v) is 26.2. The number of fused-ring (bicyclic) bond motifs is 2. The van der Waals surface area contributed by atoms with E-state index in [0.29, 0.717) is 0 Å². The molecule has 0 spiro atoms. The smallest absolute Gasteiger partial charge is 0.160 e. The number of rotatable bonds is 4. The molecule has 0 aromatic heterocycles. The molecule has 0 saturated heterocycles. The molecule has 0 aliphatic rings. The van der Waals surface area contributed by atoms with Gasteiger partial charge in [0.05, 0.1) is 0 Å². The molecule has 0 bridgehead atoms. The number of hydrogen-bond acceptors (Lipinski definition) is 0. The summed E-state index contributed by atoms with van der Waals surface area (Å²) in [5.41, 5.74) is 5.29. The molecular formula is C34H32P2Zr. The van der Waals surface area contributed by atoms with Crippen molar-refractivity contribution in [1.82, 2.24) is 0 Å². The van der Waals surface area contributed by atoms with Gasteiger partial charge in [-0.15, -0.1) is 84.4 Å². The fraction of sp³-hybridized carbons (Fsp3) is 0.118. The van der Waals surface area contributed by atoms with Crippen LogP contribution in [0.5, 0.6) is 0 Å². The SMILES string of the molecule is CP(C)c1cc2c(-c3ccccc3)cccc2[cH-]1.CP(C)c1cc2c(-c3ccccc3)cccc2[cH-]1.[Zr+2]. The number of benzene rings is 4. The van der Waals surface area contributed by atoms with E-state index in [0.717, 1.165) is 0 Å². The van der Waals surface area contributed by atoms with Gasteiger partial charge in [0, 0.05) is 0 Å². The van der Waals surface area contributed by atoms with Crippen molar-refractivity contribution < 1.29 is 26.2 Å². The third-order valence-electron chi connectivity index (χ3n) is 6.67. The van der Waals surface area contributed by atoms with Crippen molar-refractivity contribution in [3.05, 3.63) is 121 Å². The molecule has 0 amide bonds. The van der Waals surface area contributed by atoms with Crippen LogP contribution in [0.25, 0.3) is 43.8 Å². The van der Waals surface area contributed by atoms with Crippen molar-refractivity contribution in [3.63, 3.8) is 0 Å². The first-order valence-electron chi connectivity index (χ1n) is 12.4. The first kappa shape index (κ1) is 27.9. The van der Waals surface area contributed by atoms with E-state index in [-0.39, 0.29) is 42.0 Å². The predicted molar refractivity (Wildman–Crippen MR) is 167 cm³/mol. The van der Waals surface area contributed by atoms with E-state index in [4.69, 9.17) is 0 Å². The molecule has 0 radical (unpaired) electrons. The van der Waals surface area contributed by atoms with Crippen LogP contribution < -0.4 is 10.6 Å². The average molecular weight is 594 g/mol. The van der Waals surface area contributed by atoms with Gasteiger partial charge in [0.1, 0.15) is 0 Å². The predicted octanol–water partition coefficient (Wildman–Crippen LogP) is 9.18. The third-order valence-corrected chi connectivity index (χ3v) is 9.26.